The number of carboxylic acid groups (broad SMARTS) is 2. The average molecular weight is 464 g/mol. The molecule has 0 spiro atoms. The first-order valence-corrected chi connectivity index (χ1v) is 9.18. The largest absolute Gasteiger partial charge is 0.481 e. The summed E-state index contributed by atoms with van der Waals surface area (Å²) in [5.41, 5.74) is -7.13. The third-order valence-corrected chi connectivity index (χ3v) is 3.85. The van der Waals surface area contributed by atoms with Crippen LogP contribution in [0.4, 0.5) is 0 Å². The number of ether oxygens (including phenoxy) is 4. The van der Waals surface area contributed by atoms with Crippen LogP contribution in [0.5, 0.6) is 0 Å². The maximum absolute atomic E-state index is 12.8. The highest BCUT2D eigenvalue weighted by Crippen LogP contribution is 2.29. The quantitative estimate of drug-likeness (QED) is 0.160. The minimum Gasteiger partial charge on any atom is -0.481 e. The van der Waals surface area contributed by atoms with Gasteiger partial charge in [-0.05, 0) is 27.7 Å². The molecule has 0 aliphatic carbocycles. The SMILES string of the molecule is CCOC(=O)C(OC(=O)C(C(C)=O)C(O)(CC(=O)O)C(=O)O)(C(=O)OCC)C(=O)OCC. The Balaban J connectivity index is 6.75. The number of esters is 4. The molecule has 0 aromatic carbocycles. The molecule has 0 amide bonds. The lowest BCUT2D eigenvalue weighted by Gasteiger charge is -2.31. The Morgan fingerprint density at radius 1 is 0.781 bits per heavy atom. The molecule has 0 heterocycles. The summed E-state index contributed by atoms with van der Waals surface area (Å²) in [7, 11) is 0. The molecule has 0 fully saturated rings. The van der Waals surface area contributed by atoms with Gasteiger partial charge in [-0.1, -0.05) is 0 Å². The number of carbonyl (C=O) groups is 7. The highest BCUT2D eigenvalue weighted by atomic mass is 16.7. The van der Waals surface area contributed by atoms with E-state index < -0.39 is 85.0 Å². The van der Waals surface area contributed by atoms with Crippen LogP contribution in [-0.2, 0) is 52.5 Å². The van der Waals surface area contributed by atoms with Crippen molar-refractivity contribution in [1.82, 2.24) is 0 Å². The third kappa shape index (κ3) is 6.00. The number of aliphatic carboxylic acids is 2. The number of Topliss-reactive ketones (excluding diaryl/α,β-unsaturated/α-hetero) is 1. The molecule has 180 valence electrons. The molecule has 0 rings (SSSR count). The van der Waals surface area contributed by atoms with Gasteiger partial charge in [0.2, 0.25) is 0 Å². The molecule has 0 saturated carbocycles. The first-order valence-electron chi connectivity index (χ1n) is 9.18. The first kappa shape index (κ1) is 28.5. The Morgan fingerprint density at radius 2 is 1.16 bits per heavy atom. The van der Waals surface area contributed by atoms with E-state index in [1.807, 2.05) is 0 Å². The average Bonchev–Trinajstić information content (AvgIpc) is 2.65. The lowest BCUT2D eigenvalue weighted by molar-refractivity contribution is -0.211. The van der Waals surface area contributed by atoms with E-state index >= 15 is 0 Å². The van der Waals surface area contributed by atoms with Crippen LogP contribution in [0.2, 0.25) is 0 Å². The zero-order valence-electron chi connectivity index (χ0n) is 17.7. The van der Waals surface area contributed by atoms with E-state index in [-0.39, 0.29) is 0 Å². The molecule has 14 heteroatoms. The fraction of sp³-hybridized carbons (Fsp3) is 0.611. The van der Waals surface area contributed by atoms with Crippen molar-refractivity contribution in [3.05, 3.63) is 0 Å². The summed E-state index contributed by atoms with van der Waals surface area (Å²) < 4.78 is 18.5. The van der Waals surface area contributed by atoms with Crippen molar-refractivity contribution in [3.8, 4) is 0 Å². The number of aliphatic hydroxyl groups is 1. The highest BCUT2D eigenvalue weighted by Gasteiger charge is 2.64. The predicted molar refractivity (Wildman–Crippen MR) is 97.7 cm³/mol. The summed E-state index contributed by atoms with van der Waals surface area (Å²) in [6.07, 6.45) is -1.65. The van der Waals surface area contributed by atoms with E-state index in [0.717, 1.165) is 0 Å². The molecule has 0 saturated heterocycles. The number of rotatable bonds is 13. The Bertz CT molecular complexity index is 739. The minimum absolute atomic E-state index is 0.425. The Hall–Kier alpha value is -3.55. The Labute approximate surface area is 181 Å². The van der Waals surface area contributed by atoms with Crippen molar-refractivity contribution in [1.29, 1.82) is 0 Å². The van der Waals surface area contributed by atoms with Gasteiger partial charge in [-0.3, -0.25) is 14.4 Å². The van der Waals surface area contributed by atoms with E-state index in [4.69, 9.17) is 5.11 Å². The van der Waals surface area contributed by atoms with Gasteiger partial charge < -0.3 is 34.3 Å². The second-order valence-corrected chi connectivity index (χ2v) is 6.11. The summed E-state index contributed by atoms with van der Waals surface area (Å²) in [6.45, 7) is 3.16. The first-order chi connectivity index (χ1) is 14.8. The maximum Gasteiger partial charge on any atom is 0.400 e. The van der Waals surface area contributed by atoms with Gasteiger partial charge in [-0.2, -0.15) is 0 Å². The van der Waals surface area contributed by atoms with E-state index in [1.54, 1.807) is 0 Å². The molecule has 32 heavy (non-hydrogen) atoms. The van der Waals surface area contributed by atoms with Gasteiger partial charge in [-0.15, -0.1) is 0 Å². The van der Waals surface area contributed by atoms with E-state index in [0.29, 0.717) is 6.92 Å². The normalized spacial score (nSPS) is 13.7. The smallest absolute Gasteiger partial charge is 0.400 e. The van der Waals surface area contributed by atoms with Gasteiger partial charge in [-0.25, -0.2) is 19.2 Å². The van der Waals surface area contributed by atoms with Gasteiger partial charge in [0.15, 0.2) is 11.5 Å². The standard InChI is InChI=1S/C18H24O14/c1-5-29-14(25)18(15(26)30-6-2,16(27)31-7-3)32-12(22)11(9(4)19)17(28,13(23)24)8-10(20)21/h11,28H,5-8H2,1-4H3,(H,20,21)(H,23,24). The molecule has 2 unspecified atom stereocenters. The van der Waals surface area contributed by atoms with Crippen LogP contribution in [0.3, 0.4) is 0 Å². The molecule has 2 atom stereocenters. The third-order valence-electron chi connectivity index (χ3n) is 3.85. The van der Waals surface area contributed by atoms with Crippen LogP contribution in [0.25, 0.3) is 0 Å². The lowest BCUT2D eigenvalue weighted by atomic mass is 9.81. The summed E-state index contributed by atoms with van der Waals surface area (Å²) in [5, 5.41) is 28.5. The van der Waals surface area contributed by atoms with Crippen LogP contribution in [0.15, 0.2) is 0 Å². The fourth-order valence-electron chi connectivity index (χ4n) is 2.51. The van der Waals surface area contributed by atoms with Gasteiger partial charge >= 0.3 is 41.4 Å². The Kier molecular flexibility index (Phi) is 10.4. The van der Waals surface area contributed by atoms with Crippen LogP contribution in [-0.4, -0.2) is 87.9 Å². The van der Waals surface area contributed by atoms with Gasteiger partial charge in [0.1, 0.15) is 5.78 Å². The van der Waals surface area contributed by atoms with Crippen molar-refractivity contribution in [2.45, 2.75) is 45.3 Å². The second-order valence-electron chi connectivity index (χ2n) is 6.11. The second kappa shape index (κ2) is 11.7. The minimum atomic E-state index is -3.57. The number of hydrogen-bond donors (Lipinski definition) is 3. The van der Waals surface area contributed by atoms with Crippen molar-refractivity contribution < 1.29 is 67.8 Å². The van der Waals surface area contributed by atoms with Gasteiger partial charge in [0.25, 0.3) is 0 Å². The van der Waals surface area contributed by atoms with E-state index in [2.05, 4.69) is 18.9 Å². The van der Waals surface area contributed by atoms with Crippen molar-refractivity contribution in [2.24, 2.45) is 5.92 Å². The summed E-state index contributed by atoms with van der Waals surface area (Å²) >= 11 is 0. The summed E-state index contributed by atoms with van der Waals surface area (Å²) in [5.74, 6) is -15.8. The monoisotopic (exact) mass is 464 g/mol. The molecule has 0 bridgehead atoms. The molecule has 0 aromatic rings. The highest BCUT2D eigenvalue weighted by molar-refractivity contribution is 6.23. The number of carboxylic acids is 2. The van der Waals surface area contributed by atoms with Crippen LogP contribution in [0, 0.1) is 5.92 Å². The Morgan fingerprint density at radius 3 is 1.41 bits per heavy atom. The van der Waals surface area contributed by atoms with Gasteiger partial charge in [0.05, 0.1) is 26.2 Å². The van der Waals surface area contributed by atoms with Gasteiger partial charge in [0, 0.05) is 0 Å². The molecule has 0 radical (unpaired) electrons. The zero-order chi connectivity index (χ0) is 25.3. The molecule has 0 aromatic heterocycles. The van der Waals surface area contributed by atoms with Crippen LogP contribution < -0.4 is 0 Å². The molecular weight excluding hydrogens is 440 g/mol. The number of carbonyl (C=O) groups excluding carboxylic acids is 5. The molecule has 14 nitrogen and oxygen atoms in total. The molecular formula is C18H24O14. The lowest BCUT2D eigenvalue weighted by Crippen LogP contribution is -2.62. The van der Waals surface area contributed by atoms with E-state index in [1.165, 1.54) is 20.8 Å². The molecule has 0 aliphatic heterocycles. The van der Waals surface area contributed by atoms with Crippen LogP contribution >= 0.6 is 0 Å². The predicted octanol–water partition coefficient (Wildman–Crippen LogP) is -1.55. The van der Waals surface area contributed by atoms with E-state index in [9.17, 15) is 43.8 Å². The maximum atomic E-state index is 12.8. The number of ketones is 1. The summed E-state index contributed by atoms with van der Waals surface area (Å²) in [6, 6.07) is 0. The van der Waals surface area contributed by atoms with Crippen molar-refractivity contribution in [3.63, 3.8) is 0 Å². The fourth-order valence-corrected chi connectivity index (χ4v) is 2.51. The topological polar surface area (TPSA) is 217 Å². The number of hydrogen-bond acceptors (Lipinski definition) is 12. The van der Waals surface area contributed by atoms with Crippen molar-refractivity contribution in [2.75, 3.05) is 19.8 Å². The van der Waals surface area contributed by atoms with Crippen molar-refractivity contribution >= 4 is 41.6 Å². The molecule has 0 aliphatic rings. The summed E-state index contributed by atoms with van der Waals surface area (Å²) in [4.78, 5) is 84.9. The van der Waals surface area contributed by atoms with Crippen LogP contribution in [0.1, 0.15) is 34.1 Å². The zero-order valence-corrected chi connectivity index (χ0v) is 17.7. The molecule has 3 N–H and O–H groups in total.